The third-order valence-electron chi connectivity index (χ3n) is 3.99. The summed E-state index contributed by atoms with van der Waals surface area (Å²) in [5.41, 5.74) is 2.09. The Morgan fingerprint density at radius 1 is 1.38 bits per heavy atom. The Labute approximate surface area is 143 Å². The van der Waals surface area contributed by atoms with Crippen molar-refractivity contribution in [1.29, 1.82) is 0 Å². The quantitative estimate of drug-likeness (QED) is 0.628. The van der Waals surface area contributed by atoms with Gasteiger partial charge in [0.2, 0.25) is 0 Å². The van der Waals surface area contributed by atoms with Crippen LogP contribution >= 0.6 is 0 Å². The van der Waals surface area contributed by atoms with Crippen LogP contribution in [0.4, 0.5) is 0 Å². The van der Waals surface area contributed by atoms with Crippen LogP contribution in [0, 0.1) is 0 Å². The highest BCUT2D eigenvalue weighted by Crippen LogP contribution is 2.23. The smallest absolute Gasteiger partial charge is 0.193 e. The first-order valence-corrected chi connectivity index (χ1v) is 7.93. The molecule has 2 aromatic rings. The van der Waals surface area contributed by atoms with E-state index in [1.165, 1.54) is 5.69 Å². The van der Waals surface area contributed by atoms with Gasteiger partial charge in [-0.25, -0.2) is 0 Å². The number of nitrogens with one attached hydrogen (secondary N) is 1. The van der Waals surface area contributed by atoms with Gasteiger partial charge in [0.05, 0.1) is 13.7 Å². The van der Waals surface area contributed by atoms with Crippen molar-refractivity contribution >= 4 is 5.96 Å². The summed E-state index contributed by atoms with van der Waals surface area (Å²) in [7, 11) is 7.40. The fourth-order valence-electron chi connectivity index (χ4n) is 2.55. The van der Waals surface area contributed by atoms with Crippen LogP contribution in [0.25, 0.3) is 0 Å². The van der Waals surface area contributed by atoms with Gasteiger partial charge in [-0.3, -0.25) is 4.99 Å². The summed E-state index contributed by atoms with van der Waals surface area (Å²) in [5, 5.41) is 13.3. The molecule has 6 nitrogen and oxygen atoms in total. The van der Waals surface area contributed by atoms with Crippen molar-refractivity contribution < 1.29 is 9.84 Å². The van der Waals surface area contributed by atoms with Gasteiger partial charge in [-0.05, 0) is 30.2 Å². The highest BCUT2D eigenvalue weighted by atomic mass is 16.5. The number of ether oxygens (including phenoxy) is 1. The topological polar surface area (TPSA) is 62.0 Å². The van der Waals surface area contributed by atoms with Crippen molar-refractivity contribution in [3.05, 3.63) is 47.8 Å². The summed E-state index contributed by atoms with van der Waals surface area (Å²) in [6.07, 6.45) is 2.73. The van der Waals surface area contributed by atoms with Gasteiger partial charge in [0.1, 0.15) is 11.5 Å². The second kappa shape index (κ2) is 8.29. The Morgan fingerprint density at radius 2 is 2.17 bits per heavy atom. The molecule has 0 unspecified atom stereocenters. The number of phenolic OH excluding ortho intramolecular Hbond substituents is 1. The van der Waals surface area contributed by atoms with E-state index in [2.05, 4.69) is 25.8 Å². The number of hydrogen-bond donors (Lipinski definition) is 2. The number of aromatic hydroxyl groups is 1. The number of rotatable bonds is 6. The molecule has 1 heterocycles. The fourth-order valence-corrected chi connectivity index (χ4v) is 2.55. The normalized spacial score (nSPS) is 11.4. The molecule has 0 spiro atoms. The molecule has 0 saturated heterocycles. The minimum Gasteiger partial charge on any atom is -0.508 e. The van der Waals surface area contributed by atoms with Gasteiger partial charge in [0.25, 0.3) is 0 Å². The molecule has 0 amide bonds. The van der Waals surface area contributed by atoms with Gasteiger partial charge in [0, 0.05) is 45.6 Å². The maximum Gasteiger partial charge on any atom is 0.193 e. The van der Waals surface area contributed by atoms with Crippen LogP contribution in [-0.4, -0.2) is 48.3 Å². The second-order valence-electron chi connectivity index (χ2n) is 5.69. The molecule has 1 aromatic heterocycles. The minimum atomic E-state index is 0.253. The lowest BCUT2D eigenvalue weighted by atomic mass is 10.1. The number of aryl methyl sites for hydroxylation is 1. The third-order valence-corrected chi connectivity index (χ3v) is 3.99. The van der Waals surface area contributed by atoms with E-state index in [1.807, 2.05) is 38.5 Å². The number of phenols is 1. The standard InChI is InChI=1S/C18H26N4O2/c1-19-18(22(3)13-15-6-5-11-21(15)2)20-10-9-14-7-8-16(24-4)12-17(14)23/h5-8,11-12,23H,9-10,13H2,1-4H3,(H,19,20). The molecule has 2 rings (SSSR count). The van der Waals surface area contributed by atoms with E-state index in [-0.39, 0.29) is 5.75 Å². The highest BCUT2D eigenvalue weighted by molar-refractivity contribution is 5.79. The minimum absolute atomic E-state index is 0.253. The molecule has 6 heteroatoms. The summed E-state index contributed by atoms with van der Waals surface area (Å²) in [6, 6.07) is 9.49. The van der Waals surface area contributed by atoms with Crippen LogP contribution in [0.2, 0.25) is 0 Å². The summed E-state index contributed by atoms with van der Waals surface area (Å²) in [5.74, 6) is 1.73. The largest absolute Gasteiger partial charge is 0.508 e. The van der Waals surface area contributed by atoms with E-state index in [0.717, 1.165) is 18.1 Å². The first-order valence-electron chi connectivity index (χ1n) is 7.93. The van der Waals surface area contributed by atoms with E-state index in [0.29, 0.717) is 18.7 Å². The van der Waals surface area contributed by atoms with Crippen molar-refractivity contribution in [2.24, 2.45) is 12.0 Å². The third kappa shape index (κ3) is 4.44. The van der Waals surface area contributed by atoms with Gasteiger partial charge in [-0.2, -0.15) is 0 Å². The molecule has 0 radical (unpaired) electrons. The van der Waals surface area contributed by atoms with E-state index in [4.69, 9.17) is 4.74 Å². The van der Waals surface area contributed by atoms with Crippen LogP contribution in [0.3, 0.4) is 0 Å². The molecule has 0 atom stereocenters. The number of guanidine groups is 1. The molecular formula is C18H26N4O2. The summed E-state index contributed by atoms with van der Waals surface area (Å²) in [4.78, 5) is 6.39. The van der Waals surface area contributed by atoms with Gasteiger partial charge in [0.15, 0.2) is 5.96 Å². The average molecular weight is 330 g/mol. The van der Waals surface area contributed by atoms with Crippen molar-refractivity contribution in [1.82, 2.24) is 14.8 Å². The van der Waals surface area contributed by atoms with E-state index in [9.17, 15) is 5.11 Å². The summed E-state index contributed by atoms with van der Waals surface area (Å²) >= 11 is 0. The van der Waals surface area contributed by atoms with Gasteiger partial charge >= 0.3 is 0 Å². The van der Waals surface area contributed by atoms with Crippen molar-refractivity contribution in [3.8, 4) is 11.5 Å². The van der Waals surface area contributed by atoms with Gasteiger partial charge < -0.3 is 24.6 Å². The van der Waals surface area contributed by atoms with E-state index < -0.39 is 0 Å². The maximum atomic E-state index is 10.0. The molecule has 130 valence electrons. The molecule has 0 fully saturated rings. The van der Waals surface area contributed by atoms with Crippen LogP contribution < -0.4 is 10.1 Å². The lowest BCUT2D eigenvalue weighted by Gasteiger charge is -2.22. The maximum absolute atomic E-state index is 10.0. The Bertz CT molecular complexity index is 694. The Balaban J connectivity index is 1.88. The van der Waals surface area contributed by atoms with E-state index >= 15 is 0 Å². The molecule has 1 aromatic carbocycles. The monoisotopic (exact) mass is 330 g/mol. The zero-order valence-electron chi connectivity index (χ0n) is 14.8. The number of aromatic nitrogens is 1. The first kappa shape index (κ1) is 17.7. The Kier molecular flexibility index (Phi) is 6.12. The predicted molar refractivity (Wildman–Crippen MR) is 96.6 cm³/mol. The van der Waals surface area contributed by atoms with Crippen molar-refractivity contribution in [2.45, 2.75) is 13.0 Å². The van der Waals surface area contributed by atoms with Crippen LogP contribution in [0.15, 0.2) is 41.5 Å². The fraction of sp³-hybridized carbons (Fsp3) is 0.389. The lowest BCUT2D eigenvalue weighted by molar-refractivity contribution is 0.406. The molecule has 0 aliphatic carbocycles. The molecule has 0 bridgehead atoms. The molecule has 24 heavy (non-hydrogen) atoms. The molecule has 0 aliphatic heterocycles. The van der Waals surface area contributed by atoms with Crippen LogP contribution in [0.5, 0.6) is 11.5 Å². The van der Waals surface area contributed by atoms with Crippen molar-refractivity contribution in [3.63, 3.8) is 0 Å². The van der Waals surface area contributed by atoms with Crippen molar-refractivity contribution in [2.75, 3.05) is 27.7 Å². The number of benzene rings is 1. The Hall–Kier alpha value is -2.63. The zero-order chi connectivity index (χ0) is 17.5. The van der Waals surface area contributed by atoms with Gasteiger partial charge in [-0.1, -0.05) is 6.07 Å². The van der Waals surface area contributed by atoms with Gasteiger partial charge in [-0.15, -0.1) is 0 Å². The zero-order valence-corrected chi connectivity index (χ0v) is 14.8. The summed E-state index contributed by atoms with van der Waals surface area (Å²) in [6.45, 7) is 1.46. The Morgan fingerprint density at radius 3 is 2.75 bits per heavy atom. The van der Waals surface area contributed by atoms with Crippen LogP contribution in [-0.2, 0) is 20.0 Å². The predicted octanol–water partition coefficient (Wildman–Crippen LogP) is 1.99. The number of hydrogen-bond acceptors (Lipinski definition) is 3. The number of methoxy groups -OCH3 is 1. The SMILES string of the molecule is CN=C(NCCc1ccc(OC)cc1O)N(C)Cc1cccn1C. The van der Waals surface area contributed by atoms with E-state index in [1.54, 1.807) is 20.2 Å². The lowest BCUT2D eigenvalue weighted by Crippen LogP contribution is -2.39. The average Bonchev–Trinajstić information content (AvgIpc) is 2.97. The highest BCUT2D eigenvalue weighted by Gasteiger charge is 2.09. The molecule has 0 saturated carbocycles. The molecular weight excluding hydrogens is 304 g/mol. The molecule has 0 aliphatic rings. The first-order chi connectivity index (χ1) is 11.5. The molecule has 2 N–H and O–H groups in total. The summed E-state index contributed by atoms with van der Waals surface area (Å²) < 4.78 is 7.19. The number of aliphatic imine (C=N–C) groups is 1. The van der Waals surface area contributed by atoms with Crippen LogP contribution in [0.1, 0.15) is 11.3 Å². The second-order valence-corrected chi connectivity index (χ2v) is 5.69. The number of nitrogens with zero attached hydrogens (tertiary/aromatic N) is 3.